The van der Waals surface area contributed by atoms with Crippen molar-refractivity contribution >= 4 is 11.9 Å². The molecule has 0 bridgehead atoms. The third-order valence-corrected chi connectivity index (χ3v) is 4.52. The normalized spacial score (nSPS) is 23.6. The van der Waals surface area contributed by atoms with Gasteiger partial charge in [0.25, 0.3) is 0 Å². The van der Waals surface area contributed by atoms with Gasteiger partial charge in [0.2, 0.25) is 0 Å². The summed E-state index contributed by atoms with van der Waals surface area (Å²) in [5.41, 5.74) is -0.598. The van der Waals surface area contributed by atoms with Gasteiger partial charge in [-0.25, -0.2) is 4.79 Å². The van der Waals surface area contributed by atoms with E-state index >= 15 is 0 Å². The fraction of sp³-hybridized carbons (Fsp3) is 0.875. The van der Waals surface area contributed by atoms with Crippen LogP contribution in [0.1, 0.15) is 65.7 Å². The van der Waals surface area contributed by atoms with Gasteiger partial charge in [0.05, 0.1) is 0 Å². The van der Waals surface area contributed by atoms with Gasteiger partial charge in [-0.15, -0.1) is 0 Å². The first-order valence-corrected chi connectivity index (χ1v) is 7.84. The summed E-state index contributed by atoms with van der Waals surface area (Å²) in [5.74, 6) is 0.429. The third-order valence-electron chi connectivity index (χ3n) is 4.52. The lowest BCUT2D eigenvalue weighted by atomic mass is 9.72. The van der Waals surface area contributed by atoms with E-state index in [1.165, 1.54) is 6.42 Å². The molecule has 0 aromatic heterocycles. The molecule has 0 aromatic rings. The van der Waals surface area contributed by atoms with Crippen molar-refractivity contribution in [3.05, 3.63) is 0 Å². The molecule has 0 aromatic carbocycles. The number of carbonyl (C=O) groups excluding carboxylic acids is 2. The molecule has 0 atom stereocenters. The zero-order valence-electron chi connectivity index (χ0n) is 13.0. The van der Waals surface area contributed by atoms with E-state index in [0.29, 0.717) is 18.9 Å². The van der Waals surface area contributed by atoms with Gasteiger partial charge in [-0.1, -0.05) is 12.8 Å². The van der Waals surface area contributed by atoms with Crippen molar-refractivity contribution in [2.45, 2.75) is 71.3 Å². The van der Waals surface area contributed by atoms with Crippen LogP contribution in [0.3, 0.4) is 0 Å². The Balaban J connectivity index is 1.94. The minimum absolute atomic E-state index is 0.144. The molecule has 2 aliphatic rings. The summed E-state index contributed by atoms with van der Waals surface area (Å²) >= 11 is 0. The Hall–Kier alpha value is -1.06. The number of ether oxygens (including phenoxy) is 1. The van der Waals surface area contributed by atoms with E-state index in [0.717, 1.165) is 38.5 Å². The van der Waals surface area contributed by atoms with Crippen molar-refractivity contribution < 1.29 is 14.3 Å². The number of hydrogen-bond donors (Lipinski definition) is 0. The summed E-state index contributed by atoms with van der Waals surface area (Å²) in [4.78, 5) is 26.2. The van der Waals surface area contributed by atoms with Crippen LogP contribution in [-0.2, 0) is 9.53 Å². The Kier molecular flexibility index (Phi) is 4.40. The quantitative estimate of drug-likeness (QED) is 0.682. The molecule has 1 saturated heterocycles. The van der Waals surface area contributed by atoms with E-state index in [2.05, 4.69) is 0 Å². The highest BCUT2D eigenvalue weighted by atomic mass is 16.6. The molecule has 2 rings (SSSR count). The maximum absolute atomic E-state index is 12.4. The number of hydrogen-bond acceptors (Lipinski definition) is 3. The standard InChI is InChI=1S/C16H27NO3/c1-15(2,3)20-14(19)17-11-9-16(10-12-17)8-6-4-5-7-13(16)18/h4-12H2,1-3H3. The molecule has 1 heterocycles. The fourth-order valence-electron chi connectivity index (χ4n) is 3.30. The van der Waals surface area contributed by atoms with E-state index in [1.807, 2.05) is 20.8 Å². The second-order valence-corrected chi connectivity index (χ2v) is 7.23. The van der Waals surface area contributed by atoms with Crippen LogP contribution in [0.25, 0.3) is 0 Å². The summed E-state index contributed by atoms with van der Waals surface area (Å²) in [5, 5.41) is 0. The second kappa shape index (κ2) is 5.74. The van der Waals surface area contributed by atoms with Gasteiger partial charge in [0.15, 0.2) is 0 Å². The molecular formula is C16H27NO3. The average Bonchev–Trinajstić information content (AvgIpc) is 2.52. The topological polar surface area (TPSA) is 46.6 Å². The van der Waals surface area contributed by atoms with Crippen molar-refractivity contribution in [1.82, 2.24) is 4.90 Å². The number of amides is 1. The van der Waals surface area contributed by atoms with Gasteiger partial charge in [0.1, 0.15) is 11.4 Å². The third kappa shape index (κ3) is 3.53. The minimum atomic E-state index is -0.454. The largest absolute Gasteiger partial charge is 0.444 e. The predicted octanol–water partition coefficient (Wildman–Crippen LogP) is 3.54. The first-order chi connectivity index (χ1) is 9.32. The van der Waals surface area contributed by atoms with Crippen molar-refractivity contribution in [2.24, 2.45) is 5.41 Å². The van der Waals surface area contributed by atoms with Gasteiger partial charge >= 0.3 is 6.09 Å². The van der Waals surface area contributed by atoms with E-state index in [1.54, 1.807) is 4.90 Å². The monoisotopic (exact) mass is 281 g/mol. The van der Waals surface area contributed by atoms with Crippen molar-refractivity contribution in [3.63, 3.8) is 0 Å². The predicted molar refractivity (Wildman–Crippen MR) is 77.6 cm³/mol. The summed E-state index contributed by atoms with van der Waals surface area (Å²) in [6, 6.07) is 0. The zero-order chi connectivity index (χ0) is 14.8. The summed E-state index contributed by atoms with van der Waals surface area (Å²) in [7, 11) is 0. The summed E-state index contributed by atoms with van der Waals surface area (Å²) < 4.78 is 5.41. The molecule has 0 unspecified atom stereocenters. The molecule has 20 heavy (non-hydrogen) atoms. The first kappa shape index (κ1) is 15.3. The molecule has 114 valence electrons. The number of Topliss-reactive ketones (excluding diaryl/α,β-unsaturated/α-hetero) is 1. The Morgan fingerprint density at radius 1 is 1.10 bits per heavy atom. The number of carbonyl (C=O) groups is 2. The van der Waals surface area contributed by atoms with Crippen LogP contribution in [-0.4, -0.2) is 35.5 Å². The van der Waals surface area contributed by atoms with Crippen molar-refractivity contribution in [2.75, 3.05) is 13.1 Å². The average molecular weight is 281 g/mol. The fourth-order valence-corrected chi connectivity index (χ4v) is 3.30. The van der Waals surface area contributed by atoms with Gasteiger partial charge in [-0.3, -0.25) is 4.79 Å². The first-order valence-electron chi connectivity index (χ1n) is 7.84. The molecule has 1 spiro atoms. The zero-order valence-corrected chi connectivity index (χ0v) is 13.0. The number of rotatable bonds is 0. The van der Waals surface area contributed by atoms with Crippen molar-refractivity contribution in [1.29, 1.82) is 0 Å². The highest BCUT2D eigenvalue weighted by molar-refractivity contribution is 5.85. The maximum atomic E-state index is 12.4. The van der Waals surface area contributed by atoms with E-state index in [-0.39, 0.29) is 11.5 Å². The van der Waals surface area contributed by atoms with E-state index in [9.17, 15) is 9.59 Å². The van der Waals surface area contributed by atoms with Gasteiger partial charge in [-0.05, 0) is 46.5 Å². The Morgan fingerprint density at radius 3 is 2.35 bits per heavy atom. The highest BCUT2D eigenvalue weighted by Gasteiger charge is 2.42. The molecule has 4 nitrogen and oxygen atoms in total. The van der Waals surface area contributed by atoms with Crippen molar-refractivity contribution in [3.8, 4) is 0 Å². The lowest BCUT2D eigenvalue weighted by Gasteiger charge is -2.40. The second-order valence-electron chi connectivity index (χ2n) is 7.23. The Labute approximate surface area is 121 Å². The molecule has 2 fully saturated rings. The lowest BCUT2D eigenvalue weighted by Crippen LogP contribution is -2.47. The maximum Gasteiger partial charge on any atom is 0.410 e. The molecule has 1 amide bonds. The van der Waals surface area contributed by atoms with Crippen LogP contribution in [0.5, 0.6) is 0 Å². The molecule has 1 aliphatic carbocycles. The lowest BCUT2D eigenvalue weighted by molar-refractivity contribution is -0.131. The Morgan fingerprint density at radius 2 is 1.75 bits per heavy atom. The number of likely N-dealkylation sites (tertiary alicyclic amines) is 1. The summed E-state index contributed by atoms with van der Waals surface area (Å²) in [6.45, 7) is 6.95. The number of nitrogens with zero attached hydrogens (tertiary/aromatic N) is 1. The number of ketones is 1. The highest BCUT2D eigenvalue weighted by Crippen LogP contribution is 2.41. The van der Waals surface area contributed by atoms with E-state index < -0.39 is 5.60 Å². The van der Waals surface area contributed by atoms with Crippen LogP contribution in [0.4, 0.5) is 4.79 Å². The molecule has 1 saturated carbocycles. The Bertz CT molecular complexity index is 376. The van der Waals surface area contributed by atoms with E-state index in [4.69, 9.17) is 4.74 Å². The van der Waals surface area contributed by atoms with Gasteiger partial charge in [-0.2, -0.15) is 0 Å². The molecule has 0 N–H and O–H groups in total. The molecule has 4 heteroatoms. The smallest absolute Gasteiger partial charge is 0.410 e. The van der Waals surface area contributed by atoms with Crippen LogP contribution in [0, 0.1) is 5.41 Å². The summed E-state index contributed by atoms with van der Waals surface area (Å²) in [6.07, 6.45) is 6.47. The van der Waals surface area contributed by atoms with Crippen LogP contribution in [0.2, 0.25) is 0 Å². The van der Waals surface area contributed by atoms with Crippen LogP contribution in [0.15, 0.2) is 0 Å². The van der Waals surface area contributed by atoms with Crippen LogP contribution < -0.4 is 0 Å². The van der Waals surface area contributed by atoms with Gasteiger partial charge in [0, 0.05) is 24.9 Å². The SMILES string of the molecule is CC(C)(C)OC(=O)N1CCC2(CCCCCC2=O)CC1. The molecule has 0 radical (unpaired) electrons. The molecule has 1 aliphatic heterocycles. The molecular weight excluding hydrogens is 254 g/mol. The number of piperidine rings is 1. The van der Waals surface area contributed by atoms with Crippen LogP contribution >= 0.6 is 0 Å². The minimum Gasteiger partial charge on any atom is -0.444 e. The van der Waals surface area contributed by atoms with Gasteiger partial charge < -0.3 is 9.64 Å².